The first-order chi connectivity index (χ1) is 7.76. The Labute approximate surface area is 109 Å². The topological polar surface area (TPSA) is 15.3 Å². The molecule has 0 aromatic heterocycles. The van der Waals surface area contributed by atoms with E-state index in [4.69, 9.17) is 23.2 Å². The fraction of sp³-hybridized carbons (Fsp3) is 0.833. The van der Waals surface area contributed by atoms with Crippen molar-refractivity contribution in [1.29, 1.82) is 0 Å². The Bertz CT molecular complexity index is 213. The molecule has 1 unspecified atom stereocenters. The van der Waals surface area contributed by atoms with Crippen molar-refractivity contribution in [2.45, 2.75) is 38.6 Å². The lowest BCUT2D eigenvalue weighted by atomic mass is 10.0. The minimum atomic E-state index is 0.625. The molecule has 1 heterocycles. The van der Waals surface area contributed by atoms with Gasteiger partial charge in [-0.1, -0.05) is 36.5 Å². The summed E-state index contributed by atoms with van der Waals surface area (Å²) in [6, 6.07) is 0.625. The van der Waals surface area contributed by atoms with Gasteiger partial charge in [-0.3, -0.25) is 4.90 Å². The SMILES string of the molecule is CCCN(CC(Cl)=CCl)CC1CCCCN1. The van der Waals surface area contributed by atoms with Crippen molar-refractivity contribution in [2.24, 2.45) is 0 Å². The normalized spacial score (nSPS) is 22.8. The highest BCUT2D eigenvalue weighted by Gasteiger charge is 2.16. The maximum Gasteiger partial charge on any atom is 0.0434 e. The molecule has 1 fully saturated rings. The van der Waals surface area contributed by atoms with Gasteiger partial charge in [0.25, 0.3) is 0 Å². The Morgan fingerprint density at radius 3 is 2.88 bits per heavy atom. The summed E-state index contributed by atoms with van der Waals surface area (Å²) in [5.41, 5.74) is 1.47. The van der Waals surface area contributed by atoms with Crippen molar-refractivity contribution in [2.75, 3.05) is 26.2 Å². The monoisotopic (exact) mass is 264 g/mol. The van der Waals surface area contributed by atoms with Crippen molar-refractivity contribution < 1.29 is 0 Å². The van der Waals surface area contributed by atoms with E-state index in [0.29, 0.717) is 6.04 Å². The molecule has 2 nitrogen and oxygen atoms in total. The second kappa shape index (κ2) is 8.35. The van der Waals surface area contributed by atoms with Gasteiger partial charge in [-0.05, 0) is 32.4 Å². The Morgan fingerprint density at radius 2 is 2.31 bits per heavy atom. The molecule has 0 radical (unpaired) electrons. The first-order valence-corrected chi connectivity index (χ1v) is 6.98. The first kappa shape index (κ1) is 14.3. The van der Waals surface area contributed by atoms with E-state index in [1.807, 2.05) is 0 Å². The molecule has 1 aliphatic rings. The minimum Gasteiger partial charge on any atom is -0.313 e. The van der Waals surface area contributed by atoms with Gasteiger partial charge in [0.15, 0.2) is 0 Å². The van der Waals surface area contributed by atoms with Gasteiger partial charge >= 0.3 is 0 Å². The number of rotatable bonds is 6. The molecule has 16 heavy (non-hydrogen) atoms. The van der Waals surface area contributed by atoms with Gasteiger partial charge < -0.3 is 5.32 Å². The number of halogens is 2. The molecule has 0 saturated carbocycles. The molecule has 1 N–H and O–H groups in total. The van der Waals surface area contributed by atoms with E-state index in [9.17, 15) is 0 Å². The smallest absolute Gasteiger partial charge is 0.0434 e. The predicted molar refractivity (Wildman–Crippen MR) is 72.2 cm³/mol. The fourth-order valence-corrected chi connectivity index (χ4v) is 2.43. The van der Waals surface area contributed by atoms with Crippen molar-refractivity contribution in [3.05, 3.63) is 10.6 Å². The average Bonchev–Trinajstić information content (AvgIpc) is 2.30. The predicted octanol–water partition coefficient (Wildman–Crippen LogP) is 3.16. The van der Waals surface area contributed by atoms with E-state index in [0.717, 1.165) is 37.6 Å². The number of piperidine rings is 1. The summed E-state index contributed by atoms with van der Waals surface area (Å²) in [5.74, 6) is 0. The molecule has 0 bridgehead atoms. The summed E-state index contributed by atoms with van der Waals surface area (Å²) < 4.78 is 0. The van der Waals surface area contributed by atoms with Gasteiger partial charge in [0.2, 0.25) is 0 Å². The molecule has 0 amide bonds. The first-order valence-electron chi connectivity index (χ1n) is 6.16. The van der Waals surface area contributed by atoms with Gasteiger partial charge in [-0.25, -0.2) is 0 Å². The minimum absolute atomic E-state index is 0.625. The van der Waals surface area contributed by atoms with Crippen LogP contribution in [0.3, 0.4) is 0 Å². The van der Waals surface area contributed by atoms with Crippen LogP contribution in [0.1, 0.15) is 32.6 Å². The Kier molecular flexibility index (Phi) is 7.46. The van der Waals surface area contributed by atoms with Gasteiger partial charge in [0.1, 0.15) is 0 Å². The zero-order chi connectivity index (χ0) is 11.8. The van der Waals surface area contributed by atoms with Crippen LogP contribution in [0.2, 0.25) is 0 Å². The molecular weight excluding hydrogens is 243 g/mol. The number of hydrogen-bond acceptors (Lipinski definition) is 2. The van der Waals surface area contributed by atoms with Crippen LogP contribution >= 0.6 is 23.2 Å². The third kappa shape index (κ3) is 5.53. The molecule has 1 saturated heterocycles. The summed E-state index contributed by atoms with van der Waals surface area (Å²) in [6.07, 6.45) is 5.09. The zero-order valence-corrected chi connectivity index (χ0v) is 11.5. The molecule has 0 aromatic carbocycles. The maximum absolute atomic E-state index is 5.98. The van der Waals surface area contributed by atoms with Crippen molar-refractivity contribution in [3.8, 4) is 0 Å². The quantitative estimate of drug-likeness (QED) is 0.793. The summed E-state index contributed by atoms with van der Waals surface area (Å²) in [7, 11) is 0. The molecule has 1 atom stereocenters. The molecule has 4 heteroatoms. The number of nitrogens with one attached hydrogen (secondary N) is 1. The van der Waals surface area contributed by atoms with E-state index in [1.165, 1.54) is 24.8 Å². The fourth-order valence-electron chi connectivity index (χ4n) is 2.19. The van der Waals surface area contributed by atoms with Crippen molar-refractivity contribution in [1.82, 2.24) is 10.2 Å². The molecule has 1 rings (SSSR count). The molecule has 94 valence electrons. The highest BCUT2D eigenvalue weighted by atomic mass is 35.5. The van der Waals surface area contributed by atoms with E-state index in [2.05, 4.69) is 17.1 Å². The van der Waals surface area contributed by atoms with Crippen LogP contribution < -0.4 is 5.32 Å². The van der Waals surface area contributed by atoms with Crippen molar-refractivity contribution >= 4 is 23.2 Å². The lowest BCUT2D eigenvalue weighted by Gasteiger charge is -2.30. The molecular formula is C12H22Cl2N2. The lowest BCUT2D eigenvalue weighted by molar-refractivity contribution is 0.241. The summed E-state index contributed by atoms with van der Waals surface area (Å²) >= 11 is 11.6. The summed E-state index contributed by atoms with van der Waals surface area (Å²) in [6.45, 7) is 6.29. The summed E-state index contributed by atoms with van der Waals surface area (Å²) in [4.78, 5) is 2.38. The van der Waals surface area contributed by atoms with Gasteiger partial charge in [0.05, 0.1) is 0 Å². The van der Waals surface area contributed by atoms with Crippen LogP contribution in [0.4, 0.5) is 0 Å². The lowest BCUT2D eigenvalue weighted by Crippen LogP contribution is -2.44. The van der Waals surface area contributed by atoms with Crippen LogP contribution in [0.25, 0.3) is 0 Å². The molecule has 0 aliphatic carbocycles. The van der Waals surface area contributed by atoms with Crippen LogP contribution in [0.15, 0.2) is 10.6 Å². The highest BCUT2D eigenvalue weighted by Crippen LogP contribution is 2.12. The van der Waals surface area contributed by atoms with Gasteiger partial charge in [-0.15, -0.1) is 0 Å². The van der Waals surface area contributed by atoms with Crippen LogP contribution in [0, 0.1) is 0 Å². The average molecular weight is 265 g/mol. The Morgan fingerprint density at radius 1 is 1.50 bits per heavy atom. The summed E-state index contributed by atoms with van der Waals surface area (Å²) in [5, 5.41) is 4.29. The second-order valence-electron chi connectivity index (χ2n) is 4.44. The van der Waals surface area contributed by atoms with E-state index in [1.54, 1.807) is 0 Å². The van der Waals surface area contributed by atoms with Gasteiger partial charge in [0, 0.05) is 29.7 Å². The molecule has 1 aliphatic heterocycles. The molecule has 0 spiro atoms. The Hall–Kier alpha value is 0.240. The zero-order valence-electron chi connectivity index (χ0n) is 10.0. The maximum atomic E-state index is 5.98. The standard InChI is InChI=1S/C12H22Cl2N2/c1-2-7-16(9-11(14)8-13)10-12-5-3-4-6-15-12/h8,12,15H,2-7,9-10H2,1H3. The van der Waals surface area contributed by atoms with Crippen LogP contribution in [0.5, 0.6) is 0 Å². The highest BCUT2D eigenvalue weighted by molar-refractivity contribution is 6.36. The van der Waals surface area contributed by atoms with Crippen LogP contribution in [-0.2, 0) is 0 Å². The third-order valence-electron chi connectivity index (χ3n) is 2.92. The van der Waals surface area contributed by atoms with Gasteiger partial charge in [-0.2, -0.15) is 0 Å². The van der Waals surface area contributed by atoms with E-state index < -0.39 is 0 Å². The number of hydrogen-bond donors (Lipinski definition) is 1. The number of nitrogens with zero attached hydrogens (tertiary/aromatic N) is 1. The molecule has 0 aromatic rings. The van der Waals surface area contributed by atoms with E-state index >= 15 is 0 Å². The third-order valence-corrected chi connectivity index (χ3v) is 3.53. The van der Waals surface area contributed by atoms with E-state index in [-0.39, 0.29) is 0 Å². The van der Waals surface area contributed by atoms with Crippen molar-refractivity contribution in [3.63, 3.8) is 0 Å². The largest absolute Gasteiger partial charge is 0.313 e. The van der Waals surface area contributed by atoms with Crippen LogP contribution in [-0.4, -0.2) is 37.1 Å². The second-order valence-corrected chi connectivity index (χ2v) is 5.14. The Balaban J connectivity index is 2.36.